The van der Waals surface area contributed by atoms with E-state index in [2.05, 4.69) is 19.9 Å². The Balaban J connectivity index is 1.05. The van der Waals surface area contributed by atoms with Gasteiger partial charge in [0.2, 0.25) is 0 Å². The van der Waals surface area contributed by atoms with Gasteiger partial charge in [-0.25, -0.2) is 0 Å². The summed E-state index contributed by atoms with van der Waals surface area (Å²) in [6, 6.07) is 0. The quantitative estimate of drug-likeness (QED) is 0.127. The van der Waals surface area contributed by atoms with Crippen LogP contribution >= 0.6 is 0 Å². The zero-order valence-electron chi connectivity index (χ0n) is 28.1. The molecule has 0 aromatic rings. The van der Waals surface area contributed by atoms with E-state index in [1.165, 1.54) is 11.1 Å². The second-order valence-corrected chi connectivity index (χ2v) is 15.8. The molecular weight excluding hydrogens is 644 g/mol. The number of fused-ring (bicyclic) bond motifs is 5. The van der Waals surface area contributed by atoms with Gasteiger partial charge in [0, 0.05) is 5.41 Å². The summed E-state index contributed by atoms with van der Waals surface area (Å²) in [7, 11) is 0. The van der Waals surface area contributed by atoms with Crippen molar-refractivity contribution in [3.63, 3.8) is 0 Å². The molecule has 3 heterocycles. The topological polar surface area (TPSA) is 225 Å². The molecule has 0 aromatic heterocycles. The van der Waals surface area contributed by atoms with Gasteiger partial charge < -0.3 is 64.5 Å². The van der Waals surface area contributed by atoms with Gasteiger partial charge in [-0.1, -0.05) is 31.1 Å². The standard InChI is InChI=1S/C35H52O14/c1-33-8-5-18(46-32-29(43)30(26(40)23(14-37)48-32)49-31-28(42)27(41)25(39)22(13-36)47-31)12-17(33)3-4-21-20(33)6-9-34(2)19(7-10-35(21,34)44)16-11-24(38)45-15-16/h3,18,20-23,25-32,36-37,39-44H,4-15H2,1-2H3/b19-16+. The van der Waals surface area contributed by atoms with Crippen molar-refractivity contribution in [2.45, 2.75) is 145 Å². The Bertz CT molecular complexity index is 1330. The van der Waals surface area contributed by atoms with E-state index >= 15 is 0 Å². The summed E-state index contributed by atoms with van der Waals surface area (Å²) in [4.78, 5) is 11.9. The normalized spacial score (nSPS) is 53.0. The predicted octanol–water partition coefficient (Wildman–Crippen LogP) is -0.683. The highest BCUT2D eigenvalue weighted by atomic mass is 16.7. The smallest absolute Gasteiger partial charge is 0.310 e. The lowest BCUT2D eigenvalue weighted by molar-refractivity contribution is -0.364. The van der Waals surface area contributed by atoms with Gasteiger partial charge in [0.25, 0.3) is 0 Å². The average Bonchev–Trinajstić information content (AvgIpc) is 3.63. The summed E-state index contributed by atoms with van der Waals surface area (Å²) in [5.74, 6) is 0.140. The van der Waals surface area contributed by atoms with Crippen LogP contribution in [0, 0.1) is 22.7 Å². The van der Waals surface area contributed by atoms with Crippen molar-refractivity contribution < 1.29 is 69.3 Å². The van der Waals surface area contributed by atoms with Crippen molar-refractivity contribution in [2.75, 3.05) is 19.8 Å². The molecule has 0 amide bonds. The van der Waals surface area contributed by atoms with E-state index in [0.29, 0.717) is 32.3 Å². The first kappa shape index (κ1) is 35.9. The Morgan fingerprint density at radius 3 is 2.20 bits per heavy atom. The van der Waals surface area contributed by atoms with E-state index in [0.717, 1.165) is 37.7 Å². The van der Waals surface area contributed by atoms with E-state index in [1.807, 2.05) is 0 Å². The number of hydrogen-bond donors (Lipinski definition) is 8. The molecule has 3 saturated heterocycles. The molecule has 6 fully saturated rings. The number of cyclic esters (lactones) is 1. The maximum absolute atomic E-state index is 12.5. The monoisotopic (exact) mass is 696 g/mol. The van der Waals surface area contributed by atoms with E-state index in [1.54, 1.807) is 0 Å². The minimum Gasteiger partial charge on any atom is -0.461 e. The molecule has 7 rings (SSSR count). The van der Waals surface area contributed by atoms with Gasteiger partial charge in [0.05, 0.1) is 31.3 Å². The highest BCUT2D eigenvalue weighted by Crippen LogP contribution is 2.68. The summed E-state index contributed by atoms with van der Waals surface area (Å²) in [6.07, 6.45) is -6.93. The van der Waals surface area contributed by atoms with Crippen LogP contribution in [0.2, 0.25) is 0 Å². The van der Waals surface area contributed by atoms with Crippen LogP contribution in [0.5, 0.6) is 0 Å². The van der Waals surface area contributed by atoms with Gasteiger partial charge in [-0.3, -0.25) is 4.79 Å². The van der Waals surface area contributed by atoms with Crippen molar-refractivity contribution in [1.29, 1.82) is 0 Å². The Morgan fingerprint density at radius 2 is 1.53 bits per heavy atom. The molecule has 0 spiro atoms. The minimum absolute atomic E-state index is 0.0733. The lowest BCUT2D eigenvalue weighted by Gasteiger charge is -2.60. The van der Waals surface area contributed by atoms with Crippen LogP contribution in [0.25, 0.3) is 0 Å². The summed E-state index contributed by atoms with van der Waals surface area (Å²) in [6.45, 7) is 3.48. The molecule has 0 bridgehead atoms. The number of esters is 1. The maximum atomic E-state index is 12.5. The van der Waals surface area contributed by atoms with E-state index in [-0.39, 0.29) is 29.3 Å². The lowest BCUT2D eigenvalue weighted by Crippen LogP contribution is -2.65. The maximum Gasteiger partial charge on any atom is 0.310 e. The van der Waals surface area contributed by atoms with Crippen molar-refractivity contribution in [3.05, 3.63) is 22.8 Å². The molecule has 16 atom stereocenters. The second kappa shape index (κ2) is 13.2. The Labute approximate surface area is 285 Å². The van der Waals surface area contributed by atoms with Crippen molar-refractivity contribution in [1.82, 2.24) is 0 Å². The van der Waals surface area contributed by atoms with E-state index < -0.39 is 85.6 Å². The molecule has 7 aliphatic rings. The van der Waals surface area contributed by atoms with Crippen LogP contribution in [0.3, 0.4) is 0 Å². The van der Waals surface area contributed by atoms with Gasteiger partial charge in [0.1, 0.15) is 55.4 Å². The van der Waals surface area contributed by atoms with E-state index in [9.17, 15) is 45.6 Å². The predicted molar refractivity (Wildman–Crippen MR) is 167 cm³/mol. The molecule has 14 nitrogen and oxygen atoms in total. The van der Waals surface area contributed by atoms with Crippen LogP contribution in [0.1, 0.15) is 71.6 Å². The van der Waals surface area contributed by atoms with E-state index in [4.69, 9.17) is 23.7 Å². The van der Waals surface area contributed by atoms with Gasteiger partial charge in [-0.15, -0.1) is 0 Å². The third-order valence-corrected chi connectivity index (χ3v) is 13.5. The molecule has 16 unspecified atom stereocenters. The number of aliphatic hydroxyl groups is 8. The molecule has 14 heteroatoms. The third-order valence-electron chi connectivity index (χ3n) is 13.5. The number of rotatable bonds is 6. The van der Waals surface area contributed by atoms with Crippen molar-refractivity contribution in [3.8, 4) is 0 Å². The summed E-state index contributed by atoms with van der Waals surface area (Å²) < 4.78 is 28.6. The molecule has 3 saturated carbocycles. The summed E-state index contributed by atoms with van der Waals surface area (Å²) in [5.41, 5.74) is 2.06. The third kappa shape index (κ3) is 5.66. The molecule has 3 aliphatic heterocycles. The fourth-order valence-electron chi connectivity index (χ4n) is 10.6. The molecule has 0 radical (unpaired) electrons. The fourth-order valence-corrected chi connectivity index (χ4v) is 10.6. The largest absolute Gasteiger partial charge is 0.461 e. The van der Waals surface area contributed by atoms with Crippen LogP contribution in [0.15, 0.2) is 22.8 Å². The molecular formula is C35H52O14. The highest BCUT2D eigenvalue weighted by Gasteiger charge is 2.65. The average molecular weight is 697 g/mol. The molecule has 276 valence electrons. The first-order chi connectivity index (χ1) is 23.3. The lowest BCUT2D eigenvalue weighted by atomic mass is 9.46. The van der Waals surface area contributed by atoms with Crippen LogP contribution in [-0.2, 0) is 28.5 Å². The number of allylic oxidation sites excluding steroid dienone is 1. The van der Waals surface area contributed by atoms with Gasteiger partial charge in [-0.2, -0.15) is 0 Å². The fraction of sp³-hybridized carbons (Fsp3) is 0.857. The number of carbonyl (C=O) groups excluding carboxylic acids is 1. The number of ether oxygens (including phenoxy) is 5. The summed E-state index contributed by atoms with van der Waals surface area (Å²) in [5, 5.41) is 85.0. The van der Waals surface area contributed by atoms with Crippen LogP contribution in [0.4, 0.5) is 0 Å². The van der Waals surface area contributed by atoms with Crippen LogP contribution in [-0.4, -0.2) is 140 Å². The number of aliphatic hydroxyl groups excluding tert-OH is 7. The molecule has 8 N–H and O–H groups in total. The highest BCUT2D eigenvalue weighted by molar-refractivity contribution is 5.76. The molecule has 49 heavy (non-hydrogen) atoms. The van der Waals surface area contributed by atoms with Gasteiger partial charge in [0.15, 0.2) is 12.6 Å². The van der Waals surface area contributed by atoms with Crippen molar-refractivity contribution in [2.24, 2.45) is 22.7 Å². The Hall–Kier alpha value is -1.53. The SMILES string of the molecule is CC12CCC(OC3OC(CO)C(O)C(OC4OC(CO)C(O)C(O)C4O)C3O)CC1=CCC1C2CCC2(C)/C(=C3/COC(=O)C3)CCC12O. The molecule has 4 aliphatic carbocycles. The number of carbonyl (C=O) groups is 1. The van der Waals surface area contributed by atoms with Gasteiger partial charge >= 0.3 is 5.97 Å². The first-order valence-corrected chi connectivity index (χ1v) is 17.8. The molecule has 0 aromatic carbocycles. The van der Waals surface area contributed by atoms with Gasteiger partial charge in [-0.05, 0) is 74.2 Å². The first-order valence-electron chi connectivity index (χ1n) is 17.8. The Morgan fingerprint density at radius 1 is 0.837 bits per heavy atom. The van der Waals surface area contributed by atoms with Crippen molar-refractivity contribution >= 4 is 5.97 Å². The summed E-state index contributed by atoms with van der Waals surface area (Å²) >= 11 is 0. The number of hydrogen-bond acceptors (Lipinski definition) is 14. The second-order valence-electron chi connectivity index (χ2n) is 15.8. The zero-order chi connectivity index (χ0) is 35.0. The Kier molecular flexibility index (Phi) is 9.62. The minimum atomic E-state index is -1.76. The zero-order valence-corrected chi connectivity index (χ0v) is 28.1. The van der Waals surface area contributed by atoms with Crippen LogP contribution < -0.4 is 0 Å².